The minimum Gasteiger partial charge on any atom is -0.394 e. The first-order valence-electron chi connectivity index (χ1n) is 7.17. The Bertz CT molecular complexity index is 614. The Kier molecular flexibility index (Phi) is 4.20. The largest absolute Gasteiger partial charge is 0.394 e. The molecule has 3 aliphatic heterocycles. The normalized spacial score (nSPS) is 33.2. The van der Waals surface area contributed by atoms with Crippen molar-refractivity contribution in [3.63, 3.8) is 0 Å². The number of amides is 1. The number of aliphatic hydroxyl groups is 2. The Morgan fingerprint density at radius 3 is 2.96 bits per heavy atom. The van der Waals surface area contributed by atoms with Crippen LogP contribution in [0, 0.1) is 0 Å². The van der Waals surface area contributed by atoms with Crippen LogP contribution < -0.4 is 0 Å². The third-order valence-electron chi connectivity index (χ3n) is 3.61. The summed E-state index contributed by atoms with van der Waals surface area (Å²) in [5, 5.41) is 19.0. The molecule has 0 saturated carbocycles. The van der Waals surface area contributed by atoms with Crippen LogP contribution in [0.5, 0.6) is 0 Å². The average molecular weight is 322 g/mol. The Balaban J connectivity index is 1.81. The summed E-state index contributed by atoms with van der Waals surface area (Å²) in [4.78, 5) is 31.5. The molecule has 0 aromatic carbocycles. The van der Waals surface area contributed by atoms with E-state index < -0.39 is 30.4 Å². The molecule has 1 fully saturated rings. The lowest BCUT2D eigenvalue weighted by Crippen LogP contribution is -2.43. The summed E-state index contributed by atoms with van der Waals surface area (Å²) in [7, 11) is 3.58. The summed E-state index contributed by atoms with van der Waals surface area (Å²) < 4.78 is 5.58. The molecule has 23 heavy (non-hydrogen) atoms. The molecule has 0 aromatic heterocycles. The zero-order valence-electron chi connectivity index (χ0n) is 12.8. The van der Waals surface area contributed by atoms with E-state index in [-0.39, 0.29) is 19.0 Å². The number of amidine groups is 1. The van der Waals surface area contributed by atoms with Crippen LogP contribution in [0.3, 0.4) is 0 Å². The number of aliphatic imine (C=N–C) groups is 4. The highest BCUT2D eigenvalue weighted by Crippen LogP contribution is 2.26. The molecule has 10 nitrogen and oxygen atoms in total. The molecular weight excluding hydrogens is 304 g/mol. The van der Waals surface area contributed by atoms with Crippen LogP contribution in [0.15, 0.2) is 20.0 Å². The molecule has 0 aromatic rings. The average Bonchev–Trinajstić information content (AvgIpc) is 3.08. The second kappa shape index (κ2) is 6.14. The first-order valence-corrected chi connectivity index (χ1v) is 7.17. The molecule has 2 N–H and O–H groups in total. The van der Waals surface area contributed by atoms with Gasteiger partial charge in [0.1, 0.15) is 12.3 Å². The molecule has 1 unspecified atom stereocenters. The fraction of sp³-hybridized carbons (Fsp3) is 0.615. The maximum absolute atomic E-state index is 12.0. The Morgan fingerprint density at radius 2 is 2.30 bits per heavy atom. The predicted octanol–water partition coefficient (Wildman–Crippen LogP) is -1.95. The molecule has 0 spiro atoms. The smallest absolute Gasteiger partial charge is 0.281 e. The molecule has 124 valence electrons. The number of carbonyl (C=O) groups excluding carboxylic acids is 1. The van der Waals surface area contributed by atoms with Crippen LogP contribution in [0.4, 0.5) is 0 Å². The molecule has 0 bridgehead atoms. The van der Waals surface area contributed by atoms with Gasteiger partial charge in [0.05, 0.1) is 25.4 Å². The Morgan fingerprint density at radius 1 is 1.52 bits per heavy atom. The monoisotopic (exact) mass is 322 g/mol. The number of guanidine groups is 1. The molecule has 1 amide bonds. The van der Waals surface area contributed by atoms with Crippen LogP contribution in [0.1, 0.15) is 6.42 Å². The van der Waals surface area contributed by atoms with E-state index in [9.17, 15) is 15.0 Å². The van der Waals surface area contributed by atoms with E-state index in [1.165, 1.54) is 12.7 Å². The minimum absolute atomic E-state index is 0.0442. The molecule has 4 atom stereocenters. The summed E-state index contributed by atoms with van der Waals surface area (Å²) in [6, 6.07) is -0.803. The standard InChI is InChI=1S/C13H18N6O4/c1-18(2)5-15-13-16-11-10(12(22)17-13)14-6-19(11)9-3-7(21)8(4-20)23-9/h5-10,20-21H,3-4H2,1-2H3/t7-,8+,9+,10?/m0/s1. The Labute approximate surface area is 132 Å². The van der Waals surface area contributed by atoms with E-state index in [2.05, 4.69) is 20.0 Å². The minimum atomic E-state index is -0.803. The van der Waals surface area contributed by atoms with E-state index in [0.29, 0.717) is 5.84 Å². The molecule has 0 aliphatic carbocycles. The van der Waals surface area contributed by atoms with Crippen molar-refractivity contribution in [2.24, 2.45) is 20.0 Å². The first kappa shape index (κ1) is 15.7. The Hall–Kier alpha value is -2.17. The summed E-state index contributed by atoms with van der Waals surface area (Å²) in [5.41, 5.74) is 0. The van der Waals surface area contributed by atoms with Gasteiger partial charge in [-0.2, -0.15) is 9.98 Å². The number of carbonyl (C=O) groups is 1. The third kappa shape index (κ3) is 3.00. The lowest BCUT2D eigenvalue weighted by molar-refractivity contribution is -0.117. The van der Waals surface area contributed by atoms with Gasteiger partial charge in [-0.1, -0.05) is 0 Å². The van der Waals surface area contributed by atoms with Gasteiger partial charge < -0.3 is 19.8 Å². The molecule has 3 heterocycles. The molecule has 0 radical (unpaired) electrons. The SMILES string of the molecule is CN(C)C=NC1=NC(=O)C2N=CN([C@H]3C[C@H](O)[C@@H](CO)O3)C2=N1. The number of hydrogen-bond donors (Lipinski definition) is 2. The van der Waals surface area contributed by atoms with Crippen LogP contribution >= 0.6 is 0 Å². The van der Waals surface area contributed by atoms with Crippen molar-refractivity contribution in [1.82, 2.24) is 9.80 Å². The number of ether oxygens (including phenoxy) is 1. The number of hydrogen-bond acceptors (Lipinski definition) is 8. The van der Waals surface area contributed by atoms with Gasteiger partial charge in [-0.15, -0.1) is 0 Å². The summed E-state index contributed by atoms with van der Waals surface area (Å²) in [5.74, 6) is -0.0358. The van der Waals surface area contributed by atoms with Gasteiger partial charge in [0.2, 0.25) is 0 Å². The second-order valence-electron chi connectivity index (χ2n) is 5.62. The third-order valence-corrected chi connectivity index (χ3v) is 3.61. The molecular formula is C13H18N6O4. The molecule has 3 rings (SSSR count). The zero-order valence-corrected chi connectivity index (χ0v) is 12.8. The van der Waals surface area contributed by atoms with E-state index in [4.69, 9.17) is 4.74 Å². The van der Waals surface area contributed by atoms with E-state index in [1.807, 2.05) is 0 Å². The predicted molar refractivity (Wildman–Crippen MR) is 82.5 cm³/mol. The second-order valence-corrected chi connectivity index (χ2v) is 5.62. The lowest BCUT2D eigenvalue weighted by atomic mass is 10.2. The summed E-state index contributed by atoms with van der Waals surface area (Å²) in [6.45, 7) is -0.280. The molecule has 10 heteroatoms. The highest BCUT2D eigenvalue weighted by Gasteiger charge is 2.44. The topological polar surface area (TPSA) is 123 Å². The highest BCUT2D eigenvalue weighted by molar-refractivity contribution is 6.22. The maximum Gasteiger partial charge on any atom is 0.281 e. The fourth-order valence-electron chi connectivity index (χ4n) is 2.48. The van der Waals surface area contributed by atoms with E-state index in [1.54, 1.807) is 23.9 Å². The van der Waals surface area contributed by atoms with Gasteiger partial charge in [0.15, 0.2) is 11.9 Å². The van der Waals surface area contributed by atoms with Gasteiger partial charge >= 0.3 is 0 Å². The van der Waals surface area contributed by atoms with Gasteiger partial charge in [0.25, 0.3) is 11.9 Å². The number of nitrogens with zero attached hydrogens (tertiary/aromatic N) is 6. The van der Waals surface area contributed by atoms with Crippen molar-refractivity contribution in [3.05, 3.63) is 0 Å². The summed E-state index contributed by atoms with van der Waals surface area (Å²) in [6.07, 6.45) is 1.25. The molecule has 1 saturated heterocycles. The van der Waals surface area contributed by atoms with Gasteiger partial charge in [0, 0.05) is 20.5 Å². The number of fused-ring (bicyclic) bond motifs is 1. The van der Waals surface area contributed by atoms with Gasteiger partial charge in [-0.3, -0.25) is 14.7 Å². The number of rotatable bonds is 3. The van der Waals surface area contributed by atoms with Crippen LogP contribution in [-0.2, 0) is 9.53 Å². The van der Waals surface area contributed by atoms with Crippen molar-refractivity contribution in [2.45, 2.75) is 30.9 Å². The van der Waals surface area contributed by atoms with Crippen molar-refractivity contribution >= 4 is 30.4 Å². The van der Waals surface area contributed by atoms with E-state index >= 15 is 0 Å². The van der Waals surface area contributed by atoms with Crippen molar-refractivity contribution in [3.8, 4) is 0 Å². The van der Waals surface area contributed by atoms with Crippen LogP contribution in [0.2, 0.25) is 0 Å². The summed E-state index contributed by atoms with van der Waals surface area (Å²) >= 11 is 0. The zero-order chi connectivity index (χ0) is 16.6. The quantitative estimate of drug-likeness (QED) is 0.460. The van der Waals surface area contributed by atoms with Gasteiger partial charge in [-0.25, -0.2) is 4.99 Å². The fourth-order valence-corrected chi connectivity index (χ4v) is 2.48. The lowest BCUT2D eigenvalue weighted by Gasteiger charge is -2.25. The molecule has 3 aliphatic rings. The van der Waals surface area contributed by atoms with Crippen molar-refractivity contribution in [2.75, 3.05) is 20.7 Å². The maximum atomic E-state index is 12.0. The van der Waals surface area contributed by atoms with Gasteiger partial charge in [-0.05, 0) is 0 Å². The first-order chi connectivity index (χ1) is 11.0. The number of aliphatic hydroxyl groups excluding tert-OH is 2. The van der Waals surface area contributed by atoms with Crippen LogP contribution in [0.25, 0.3) is 0 Å². The highest BCUT2D eigenvalue weighted by atomic mass is 16.5. The van der Waals surface area contributed by atoms with Crippen LogP contribution in [-0.4, -0.2) is 95.6 Å². The van der Waals surface area contributed by atoms with E-state index in [0.717, 1.165) is 0 Å². The van der Waals surface area contributed by atoms with Crippen molar-refractivity contribution < 1.29 is 19.7 Å². The van der Waals surface area contributed by atoms with Crippen molar-refractivity contribution in [1.29, 1.82) is 0 Å².